The van der Waals surface area contributed by atoms with Gasteiger partial charge in [-0.05, 0) is 31.9 Å². The number of nitrogens with zero attached hydrogens (tertiary/aromatic N) is 4. The lowest BCUT2D eigenvalue weighted by Crippen LogP contribution is -2.46. The van der Waals surface area contributed by atoms with Gasteiger partial charge >= 0.3 is 6.03 Å². The van der Waals surface area contributed by atoms with Crippen molar-refractivity contribution in [1.82, 2.24) is 20.4 Å². The summed E-state index contributed by atoms with van der Waals surface area (Å²) < 4.78 is 5.27. The second-order valence-corrected chi connectivity index (χ2v) is 6.45. The van der Waals surface area contributed by atoms with Gasteiger partial charge in [0.1, 0.15) is 0 Å². The summed E-state index contributed by atoms with van der Waals surface area (Å²) in [6.07, 6.45) is 1.92. The van der Waals surface area contributed by atoms with Gasteiger partial charge in [0, 0.05) is 38.9 Å². The van der Waals surface area contributed by atoms with Gasteiger partial charge in [-0.15, -0.1) is 0 Å². The zero-order valence-corrected chi connectivity index (χ0v) is 14.8. The normalized spacial score (nSPS) is 17.4. The molecular weight excluding hydrogens is 318 g/mol. The summed E-state index contributed by atoms with van der Waals surface area (Å²) in [5, 5.41) is 6.86. The van der Waals surface area contributed by atoms with Crippen molar-refractivity contribution in [3.05, 3.63) is 42.0 Å². The van der Waals surface area contributed by atoms with E-state index in [2.05, 4.69) is 32.5 Å². The Balaban J connectivity index is 1.46. The maximum Gasteiger partial charge on any atom is 0.317 e. The van der Waals surface area contributed by atoms with E-state index in [0.29, 0.717) is 24.8 Å². The molecule has 1 aliphatic rings. The molecule has 1 aromatic carbocycles. The van der Waals surface area contributed by atoms with Crippen molar-refractivity contribution in [1.29, 1.82) is 0 Å². The molecule has 0 unspecified atom stereocenters. The van der Waals surface area contributed by atoms with Crippen molar-refractivity contribution in [2.75, 3.05) is 38.1 Å². The number of nitrogens with one attached hydrogen (secondary N) is 1. The van der Waals surface area contributed by atoms with Crippen LogP contribution in [0, 0.1) is 6.92 Å². The van der Waals surface area contributed by atoms with Crippen LogP contribution >= 0.6 is 0 Å². The van der Waals surface area contributed by atoms with Gasteiger partial charge in [0.25, 0.3) is 0 Å². The molecule has 0 radical (unpaired) electrons. The molecule has 2 aromatic rings. The number of likely N-dealkylation sites (N-methyl/N-ethyl adjacent to an activating group) is 1. The van der Waals surface area contributed by atoms with Crippen molar-refractivity contribution in [2.24, 2.45) is 0 Å². The van der Waals surface area contributed by atoms with Crippen LogP contribution in [0.3, 0.4) is 0 Å². The molecule has 7 heteroatoms. The van der Waals surface area contributed by atoms with Crippen molar-refractivity contribution in [3.63, 3.8) is 0 Å². The molecule has 1 N–H and O–H groups in total. The van der Waals surface area contributed by atoms with E-state index >= 15 is 0 Å². The highest BCUT2D eigenvalue weighted by Crippen LogP contribution is 2.25. The largest absolute Gasteiger partial charge is 0.373 e. The Morgan fingerprint density at radius 3 is 2.92 bits per heavy atom. The van der Waals surface area contributed by atoms with Crippen LogP contribution in [0.4, 0.5) is 10.5 Å². The van der Waals surface area contributed by atoms with Crippen LogP contribution < -0.4 is 10.2 Å². The molecule has 1 aromatic heterocycles. The minimum Gasteiger partial charge on any atom is -0.373 e. The minimum absolute atomic E-state index is 0.0256. The summed E-state index contributed by atoms with van der Waals surface area (Å²) in [5.41, 5.74) is 1.14. The number of hydrogen-bond donors (Lipinski definition) is 1. The number of amides is 2. The molecule has 25 heavy (non-hydrogen) atoms. The number of rotatable bonds is 5. The highest BCUT2D eigenvalue weighted by atomic mass is 16.5. The number of anilines is 1. The second-order valence-electron chi connectivity index (χ2n) is 6.45. The quantitative estimate of drug-likeness (QED) is 0.902. The topological polar surface area (TPSA) is 74.5 Å². The Bertz CT molecular complexity index is 688. The first kappa shape index (κ1) is 17.3. The van der Waals surface area contributed by atoms with E-state index < -0.39 is 0 Å². The molecule has 2 heterocycles. The lowest BCUT2D eigenvalue weighted by molar-refractivity contribution is 0.172. The minimum atomic E-state index is -0.0256. The van der Waals surface area contributed by atoms with Crippen molar-refractivity contribution in [3.8, 4) is 0 Å². The fourth-order valence-corrected chi connectivity index (χ4v) is 3.10. The van der Waals surface area contributed by atoms with E-state index in [1.807, 2.05) is 37.1 Å². The molecule has 0 saturated carbocycles. The third kappa shape index (κ3) is 4.49. The van der Waals surface area contributed by atoms with Gasteiger partial charge < -0.3 is 19.6 Å². The lowest BCUT2D eigenvalue weighted by atomic mass is 9.98. The van der Waals surface area contributed by atoms with E-state index in [1.54, 1.807) is 0 Å². The number of hydrogen-bond acceptors (Lipinski definition) is 5. The predicted octanol–water partition coefficient (Wildman–Crippen LogP) is 2.40. The molecule has 2 amide bonds. The number of aryl methyl sites for hydroxylation is 1. The van der Waals surface area contributed by atoms with Crippen LogP contribution in [-0.4, -0.2) is 54.3 Å². The van der Waals surface area contributed by atoms with Crippen LogP contribution in [0.2, 0.25) is 0 Å². The Hall–Kier alpha value is -2.57. The first-order chi connectivity index (χ1) is 12.1. The maximum atomic E-state index is 12.4. The van der Waals surface area contributed by atoms with Gasteiger partial charge in [0.05, 0.1) is 5.92 Å². The molecule has 1 fully saturated rings. The first-order valence-corrected chi connectivity index (χ1v) is 8.72. The number of urea groups is 1. The van der Waals surface area contributed by atoms with Gasteiger partial charge in [0.2, 0.25) is 5.89 Å². The van der Waals surface area contributed by atoms with Crippen molar-refractivity contribution in [2.45, 2.75) is 25.7 Å². The molecule has 3 rings (SSSR count). The van der Waals surface area contributed by atoms with Gasteiger partial charge in [-0.25, -0.2) is 4.79 Å². The number of likely N-dealkylation sites (tertiary alicyclic amines) is 1. The molecule has 1 saturated heterocycles. The van der Waals surface area contributed by atoms with Crippen molar-refractivity contribution < 1.29 is 9.32 Å². The zero-order valence-electron chi connectivity index (χ0n) is 14.8. The molecular formula is C18H25N5O2. The number of aromatic nitrogens is 2. The lowest BCUT2D eigenvalue weighted by Gasteiger charge is -2.31. The van der Waals surface area contributed by atoms with E-state index in [4.69, 9.17) is 4.52 Å². The molecule has 0 spiro atoms. The monoisotopic (exact) mass is 343 g/mol. The molecule has 0 aliphatic carbocycles. The second kappa shape index (κ2) is 8.00. The summed E-state index contributed by atoms with van der Waals surface area (Å²) in [4.78, 5) is 20.7. The summed E-state index contributed by atoms with van der Waals surface area (Å²) >= 11 is 0. The molecule has 1 atom stereocenters. The Morgan fingerprint density at radius 2 is 2.20 bits per heavy atom. The van der Waals surface area contributed by atoms with Crippen LogP contribution in [0.25, 0.3) is 0 Å². The first-order valence-electron chi connectivity index (χ1n) is 8.72. The number of benzene rings is 1. The third-order valence-electron chi connectivity index (χ3n) is 4.52. The molecule has 7 nitrogen and oxygen atoms in total. The molecule has 0 bridgehead atoms. The summed E-state index contributed by atoms with van der Waals surface area (Å²) in [5.74, 6) is 1.41. The SMILES string of the molecule is Cc1noc([C@H]2CCCN(C(=O)NCCN(C)c3ccccc3)C2)n1. The van der Waals surface area contributed by atoms with Crippen molar-refractivity contribution >= 4 is 11.7 Å². The van der Waals surface area contributed by atoms with Crippen LogP contribution in [0.1, 0.15) is 30.5 Å². The predicted molar refractivity (Wildman–Crippen MR) is 95.7 cm³/mol. The highest BCUT2D eigenvalue weighted by Gasteiger charge is 2.28. The third-order valence-corrected chi connectivity index (χ3v) is 4.52. The smallest absolute Gasteiger partial charge is 0.317 e. The number of piperidine rings is 1. The summed E-state index contributed by atoms with van der Waals surface area (Å²) in [6, 6.07) is 10.1. The number of carbonyl (C=O) groups is 1. The zero-order chi connectivity index (χ0) is 17.6. The average Bonchev–Trinajstić information content (AvgIpc) is 3.09. The van der Waals surface area contributed by atoms with Crippen LogP contribution in [0.5, 0.6) is 0 Å². The fourth-order valence-electron chi connectivity index (χ4n) is 3.10. The standard InChI is InChI=1S/C18H25N5O2/c1-14-20-17(25-21-14)15-7-6-11-23(13-15)18(24)19-10-12-22(2)16-8-4-3-5-9-16/h3-5,8-9,15H,6-7,10-13H2,1-2H3,(H,19,24)/t15-/m0/s1. The maximum absolute atomic E-state index is 12.4. The van der Waals surface area contributed by atoms with E-state index in [1.165, 1.54) is 0 Å². The van der Waals surface area contributed by atoms with Gasteiger partial charge in [-0.2, -0.15) is 4.98 Å². The Morgan fingerprint density at radius 1 is 1.40 bits per heavy atom. The molecule has 1 aliphatic heterocycles. The van der Waals surface area contributed by atoms with Crippen LogP contribution in [-0.2, 0) is 0 Å². The highest BCUT2D eigenvalue weighted by molar-refractivity contribution is 5.74. The average molecular weight is 343 g/mol. The molecule has 134 valence electrons. The summed E-state index contributed by atoms with van der Waals surface area (Å²) in [6.45, 7) is 4.57. The Kier molecular flexibility index (Phi) is 5.53. The fraction of sp³-hybridized carbons (Fsp3) is 0.500. The van der Waals surface area contributed by atoms with Crippen LogP contribution in [0.15, 0.2) is 34.9 Å². The van der Waals surface area contributed by atoms with E-state index in [0.717, 1.165) is 31.6 Å². The van der Waals surface area contributed by atoms with Gasteiger partial charge in [-0.3, -0.25) is 0 Å². The van der Waals surface area contributed by atoms with Gasteiger partial charge in [-0.1, -0.05) is 23.4 Å². The number of para-hydroxylation sites is 1. The van der Waals surface area contributed by atoms with E-state index in [-0.39, 0.29) is 11.9 Å². The van der Waals surface area contributed by atoms with Gasteiger partial charge in [0.15, 0.2) is 5.82 Å². The van der Waals surface area contributed by atoms with E-state index in [9.17, 15) is 4.79 Å². The summed E-state index contributed by atoms with van der Waals surface area (Å²) in [7, 11) is 2.02. The number of carbonyl (C=O) groups excluding carboxylic acids is 1. The Labute approximate surface area is 148 Å².